The zero-order chi connectivity index (χ0) is 14.8. The average molecular weight is 281 g/mol. The molecule has 1 fully saturated rings. The van der Waals surface area contributed by atoms with Crippen LogP contribution in [0.1, 0.15) is 36.0 Å². The fraction of sp³-hybridized carbons (Fsp3) is 0.500. The van der Waals surface area contributed by atoms with E-state index in [0.717, 1.165) is 19.0 Å². The molecule has 4 N–H and O–H groups in total. The Kier molecular flexibility index (Phi) is 3.73. The second-order valence-electron chi connectivity index (χ2n) is 4.96. The lowest BCUT2D eigenvalue weighted by atomic mass is 9.86. The Balaban J connectivity index is 2.10. The van der Waals surface area contributed by atoms with Gasteiger partial charge in [0.1, 0.15) is 5.56 Å². The van der Waals surface area contributed by atoms with E-state index in [1.807, 2.05) is 4.98 Å². The topological polar surface area (TPSA) is 132 Å². The number of rotatable bonds is 4. The highest BCUT2D eigenvalue weighted by atomic mass is 16.4. The number of hydrogen-bond donors (Lipinski definition) is 4. The van der Waals surface area contributed by atoms with E-state index in [-0.39, 0.29) is 12.1 Å². The van der Waals surface area contributed by atoms with Crippen LogP contribution in [0.2, 0.25) is 0 Å². The van der Waals surface area contributed by atoms with Crippen LogP contribution in [-0.2, 0) is 4.79 Å². The summed E-state index contributed by atoms with van der Waals surface area (Å²) >= 11 is 0. The Bertz CT molecular complexity index is 639. The van der Waals surface area contributed by atoms with Crippen LogP contribution < -0.4 is 16.6 Å². The predicted molar refractivity (Wildman–Crippen MR) is 68.6 cm³/mol. The summed E-state index contributed by atoms with van der Waals surface area (Å²) in [5.74, 6) is -1.64. The zero-order valence-electron chi connectivity index (χ0n) is 10.7. The Morgan fingerprint density at radius 1 is 1.30 bits per heavy atom. The van der Waals surface area contributed by atoms with Crippen LogP contribution in [0, 0.1) is 5.41 Å². The second-order valence-corrected chi connectivity index (χ2v) is 4.96. The monoisotopic (exact) mass is 281 g/mol. The minimum Gasteiger partial charge on any atom is -0.481 e. The molecule has 8 heteroatoms. The fourth-order valence-electron chi connectivity index (χ4n) is 2.44. The molecule has 108 valence electrons. The van der Waals surface area contributed by atoms with Gasteiger partial charge in [-0.3, -0.25) is 19.4 Å². The van der Waals surface area contributed by atoms with Crippen molar-refractivity contribution < 1.29 is 14.7 Å². The maximum atomic E-state index is 11.9. The smallest absolute Gasteiger partial charge is 0.325 e. The van der Waals surface area contributed by atoms with Crippen molar-refractivity contribution in [3.63, 3.8) is 0 Å². The number of carbonyl (C=O) groups is 2. The van der Waals surface area contributed by atoms with E-state index in [9.17, 15) is 24.3 Å². The van der Waals surface area contributed by atoms with Crippen molar-refractivity contribution in [1.82, 2.24) is 15.3 Å². The number of aromatic amines is 2. The molecule has 2 rings (SSSR count). The van der Waals surface area contributed by atoms with E-state index in [0.29, 0.717) is 12.8 Å². The third kappa shape index (κ3) is 2.63. The standard InChI is InChI=1S/C12H15N3O5/c16-8(7-5-13-11(20)15-9(7)17)14-6-12(10(18)19)3-1-2-4-12/h5H,1-4,6H2,(H,14,16)(H,18,19)(H2,13,15,17,20). The molecule has 0 spiro atoms. The number of aliphatic carboxylic acids is 1. The molecule has 1 aromatic rings. The molecule has 20 heavy (non-hydrogen) atoms. The third-order valence-corrected chi connectivity index (χ3v) is 3.67. The van der Waals surface area contributed by atoms with Gasteiger partial charge < -0.3 is 15.4 Å². The summed E-state index contributed by atoms with van der Waals surface area (Å²) in [7, 11) is 0. The molecule has 0 unspecified atom stereocenters. The molecule has 0 radical (unpaired) electrons. The van der Waals surface area contributed by atoms with E-state index in [1.165, 1.54) is 0 Å². The number of H-pyrrole nitrogens is 2. The maximum absolute atomic E-state index is 11.9. The van der Waals surface area contributed by atoms with E-state index < -0.39 is 28.5 Å². The maximum Gasteiger partial charge on any atom is 0.325 e. The Morgan fingerprint density at radius 2 is 1.95 bits per heavy atom. The van der Waals surface area contributed by atoms with Crippen LogP contribution in [-0.4, -0.2) is 33.5 Å². The molecule has 1 aliphatic carbocycles. The van der Waals surface area contributed by atoms with E-state index in [4.69, 9.17) is 0 Å². The number of nitrogens with one attached hydrogen (secondary N) is 3. The van der Waals surface area contributed by atoms with Gasteiger partial charge in [-0.15, -0.1) is 0 Å². The molecule has 0 bridgehead atoms. The molecule has 0 aromatic carbocycles. The SMILES string of the molecule is O=C(NCC1(C(=O)O)CCCC1)c1c[nH]c(=O)[nH]c1=O. The minimum atomic E-state index is -0.954. The summed E-state index contributed by atoms with van der Waals surface area (Å²) in [6, 6.07) is 0. The summed E-state index contributed by atoms with van der Waals surface area (Å²) in [5, 5.41) is 11.7. The lowest BCUT2D eigenvalue weighted by Crippen LogP contribution is -2.43. The predicted octanol–water partition coefficient (Wildman–Crippen LogP) is -0.562. The van der Waals surface area contributed by atoms with Crippen LogP contribution in [0.25, 0.3) is 0 Å². The fourth-order valence-corrected chi connectivity index (χ4v) is 2.44. The number of carboxylic acid groups (broad SMARTS) is 1. The summed E-state index contributed by atoms with van der Waals surface area (Å²) in [5.41, 5.74) is -2.71. The van der Waals surface area contributed by atoms with Crippen LogP contribution in [0.15, 0.2) is 15.8 Å². The number of amides is 1. The van der Waals surface area contributed by atoms with Crippen molar-refractivity contribution in [3.8, 4) is 0 Å². The highest BCUT2D eigenvalue weighted by molar-refractivity contribution is 5.93. The molecular weight excluding hydrogens is 266 g/mol. The first-order chi connectivity index (χ1) is 9.44. The number of hydrogen-bond acceptors (Lipinski definition) is 4. The Hall–Kier alpha value is -2.38. The largest absolute Gasteiger partial charge is 0.481 e. The highest BCUT2D eigenvalue weighted by Crippen LogP contribution is 2.37. The first-order valence-corrected chi connectivity index (χ1v) is 6.28. The highest BCUT2D eigenvalue weighted by Gasteiger charge is 2.41. The molecule has 0 atom stereocenters. The second kappa shape index (κ2) is 5.32. The molecule has 1 saturated carbocycles. The van der Waals surface area contributed by atoms with Gasteiger partial charge in [0.25, 0.3) is 11.5 Å². The molecule has 1 amide bonds. The van der Waals surface area contributed by atoms with E-state index >= 15 is 0 Å². The quantitative estimate of drug-likeness (QED) is 0.587. The molecule has 0 aliphatic heterocycles. The minimum absolute atomic E-state index is 0.0280. The van der Waals surface area contributed by atoms with Crippen LogP contribution in [0.5, 0.6) is 0 Å². The molecule has 1 aromatic heterocycles. The first kappa shape index (κ1) is 14.0. The van der Waals surface area contributed by atoms with Crippen LogP contribution in [0.3, 0.4) is 0 Å². The molecule has 1 heterocycles. The third-order valence-electron chi connectivity index (χ3n) is 3.67. The van der Waals surface area contributed by atoms with Gasteiger partial charge >= 0.3 is 11.7 Å². The number of carboxylic acids is 1. The lowest BCUT2D eigenvalue weighted by Gasteiger charge is -2.23. The van der Waals surface area contributed by atoms with Gasteiger partial charge in [-0.1, -0.05) is 12.8 Å². The zero-order valence-corrected chi connectivity index (χ0v) is 10.7. The summed E-state index contributed by atoms with van der Waals surface area (Å²) < 4.78 is 0. The van der Waals surface area contributed by atoms with Crippen molar-refractivity contribution in [1.29, 1.82) is 0 Å². The summed E-state index contributed by atoms with van der Waals surface area (Å²) in [4.78, 5) is 49.6. The summed E-state index contributed by atoms with van der Waals surface area (Å²) in [6.07, 6.45) is 3.64. The van der Waals surface area contributed by atoms with E-state index in [2.05, 4.69) is 10.3 Å². The average Bonchev–Trinajstić information content (AvgIpc) is 2.86. The van der Waals surface area contributed by atoms with Gasteiger partial charge in [0, 0.05) is 12.7 Å². The Morgan fingerprint density at radius 3 is 2.50 bits per heavy atom. The molecule has 8 nitrogen and oxygen atoms in total. The van der Waals surface area contributed by atoms with Crippen LogP contribution >= 0.6 is 0 Å². The van der Waals surface area contributed by atoms with Crippen molar-refractivity contribution >= 4 is 11.9 Å². The number of carbonyl (C=O) groups excluding carboxylic acids is 1. The van der Waals surface area contributed by atoms with Crippen molar-refractivity contribution in [2.45, 2.75) is 25.7 Å². The van der Waals surface area contributed by atoms with Crippen molar-refractivity contribution in [2.24, 2.45) is 5.41 Å². The van der Waals surface area contributed by atoms with Crippen molar-refractivity contribution in [3.05, 3.63) is 32.6 Å². The lowest BCUT2D eigenvalue weighted by molar-refractivity contribution is -0.148. The van der Waals surface area contributed by atoms with Crippen molar-refractivity contribution in [2.75, 3.05) is 6.54 Å². The number of aromatic nitrogens is 2. The van der Waals surface area contributed by atoms with Gasteiger partial charge in [-0.25, -0.2) is 4.79 Å². The summed E-state index contributed by atoms with van der Waals surface area (Å²) in [6.45, 7) is -0.0280. The Labute approximate surface area is 113 Å². The van der Waals surface area contributed by atoms with Gasteiger partial charge in [-0.2, -0.15) is 0 Å². The first-order valence-electron chi connectivity index (χ1n) is 6.28. The van der Waals surface area contributed by atoms with Crippen LogP contribution in [0.4, 0.5) is 0 Å². The van der Waals surface area contributed by atoms with Gasteiger partial charge in [0.05, 0.1) is 5.41 Å². The molecule has 0 saturated heterocycles. The van der Waals surface area contributed by atoms with Gasteiger partial charge in [0.15, 0.2) is 0 Å². The molecule has 1 aliphatic rings. The van der Waals surface area contributed by atoms with E-state index in [1.54, 1.807) is 0 Å². The molecular formula is C12H15N3O5. The van der Waals surface area contributed by atoms with Gasteiger partial charge in [-0.05, 0) is 12.8 Å². The normalized spacial score (nSPS) is 16.8. The van der Waals surface area contributed by atoms with Gasteiger partial charge in [0.2, 0.25) is 0 Å².